The van der Waals surface area contributed by atoms with Crippen molar-refractivity contribution in [3.05, 3.63) is 24.3 Å². The maximum atomic E-state index is 4.85. The van der Waals surface area contributed by atoms with Crippen molar-refractivity contribution >= 4 is 11.0 Å². The number of pyridine rings is 1. The van der Waals surface area contributed by atoms with Gasteiger partial charge in [0.1, 0.15) is 11.3 Å². The number of nitrogens with one attached hydrogen (secondary N) is 1. The van der Waals surface area contributed by atoms with Gasteiger partial charge in [-0.3, -0.25) is 4.98 Å². The quantitative estimate of drug-likeness (QED) is 0.900. The van der Waals surface area contributed by atoms with E-state index in [0.29, 0.717) is 11.8 Å². The van der Waals surface area contributed by atoms with Crippen molar-refractivity contribution in [2.75, 3.05) is 13.1 Å². The number of nitrogens with zero attached hydrogens (tertiary/aromatic N) is 3. The van der Waals surface area contributed by atoms with E-state index >= 15 is 0 Å². The Morgan fingerprint density at radius 3 is 2.68 bits per heavy atom. The Morgan fingerprint density at radius 2 is 2.11 bits per heavy atom. The summed E-state index contributed by atoms with van der Waals surface area (Å²) >= 11 is 0. The molecule has 1 N–H and O–H groups in total. The molecule has 1 aliphatic heterocycles. The first-order chi connectivity index (χ1) is 8.98. The molecular weight excluding hydrogens is 236 g/mol. The fourth-order valence-electron chi connectivity index (χ4n) is 2.84. The van der Waals surface area contributed by atoms with E-state index in [1.807, 2.05) is 12.4 Å². The second-order valence-electron chi connectivity index (χ2n) is 6.55. The molecule has 102 valence electrons. The Morgan fingerprint density at radius 1 is 1.37 bits per heavy atom. The lowest BCUT2D eigenvalue weighted by molar-refractivity contribution is 0.278. The monoisotopic (exact) mass is 258 g/mol. The normalized spacial score (nSPS) is 18.5. The molecule has 1 unspecified atom stereocenters. The lowest BCUT2D eigenvalue weighted by Crippen LogP contribution is -2.45. The molecule has 2 aromatic heterocycles. The van der Waals surface area contributed by atoms with Crippen LogP contribution in [0.5, 0.6) is 0 Å². The summed E-state index contributed by atoms with van der Waals surface area (Å²) in [4.78, 5) is 9.05. The molecule has 1 aliphatic rings. The molecule has 1 saturated heterocycles. The fourth-order valence-corrected chi connectivity index (χ4v) is 2.84. The van der Waals surface area contributed by atoms with Crippen molar-refractivity contribution in [1.82, 2.24) is 19.9 Å². The molecule has 3 heterocycles. The third-order valence-corrected chi connectivity index (χ3v) is 4.08. The van der Waals surface area contributed by atoms with Gasteiger partial charge in [0, 0.05) is 17.7 Å². The lowest BCUT2D eigenvalue weighted by atomic mass is 9.88. The van der Waals surface area contributed by atoms with Gasteiger partial charge in [0.05, 0.1) is 11.7 Å². The van der Waals surface area contributed by atoms with Crippen molar-refractivity contribution in [3.8, 4) is 0 Å². The van der Waals surface area contributed by atoms with Gasteiger partial charge in [0.25, 0.3) is 0 Å². The predicted molar refractivity (Wildman–Crippen MR) is 77.3 cm³/mol. The van der Waals surface area contributed by atoms with Gasteiger partial charge >= 0.3 is 0 Å². The smallest absolute Gasteiger partial charge is 0.113 e. The molecule has 4 nitrogen and oxygen atoms in total. The molecule has 19 heavy (non-hydrogen) atoms. The summed E-state index contributed by atoms with van der Waals surface area (Å²) in [6, 6.07) is 2.07. The summed E-state index contributed by atoms with van der Waals surface area (Å²) in [6.45, 7) is 11.2. The third-order valence-electron chi connectivity index (χ3n) is 4.08. The number of aromatic nitrogens is 3. The molecule has 4 heteroatoms. The highest BCUT2D eigenvalue weighted by Gasteiger charge is 2.31. The van der Waals surface area contributed by atoms with E-state index in [2.05, 4.69) is 48.6 Å². The molecular formula is C15H22N4. The van der Waals surface area contributed by atoms with Crippen molar-refractivity contribution in [2.45, 2.75) is 39.2 Å². The van der Waals surface area contributed by atoms with Gasteiger partial charge in [-0.05, 0) is 45.8 Å². The minimum Gasteiger partial charge on any atom is -0.322 e. The zero-order chi connectivity index (χ0) is 13.6. The summed E-state index contributed by atoms with van der Waals surface area (Å²) in [5, 5.41) is 3.35. The summed E-state index contributed by atoms with van der Waals surface area (Å²) in [6.07, 6.45) is 3.72. The highest BCUT2D eigenvalue weighted by atomic mass is 15.1. The molecule has 0 amide bonds. The number of rotatable bonds is 2. The third kappa shape index (κ3) is 2.04. The van der Waals surface area contributed by atoms with Crippen LogP contribution in [0.4, 0.5) is 0 Å². The molecule has 3 rings (SSSR count). The maximum Gasteiger partial charge on any atom is 0.113 e. The Bertz CT molecular complexity index is 590. The van der Waals surface area contributed by atoms with Crippen LogP contribution in [0.1, 0.15) is 39.4 Å². The van der Waals surface area contributed by atoms with Crippen LogP contribution in [0.3, 0.4) is 0 Å². The van der Waals surface area contributed by atoms with Crippen LogP contribution in [0.2, 0.25) is 0 Å². The van der Waals surface area contributed by atoms with Crippen molar-refractivity contribution in [2.24, 2.45) is 5.92 Å². The summed E-state index contributed by atoms with van der Waals surface area (Å²) in [7, 11) is 0. The Kier molecular flexibility index (Phi) is 2.86. The van der Waals surface area contributed by atoms with Gasteiger partial charge in [-0.2, -0.15) is 0 Å². The van der Waals surface area contributed by atoms with E-state index in [1.165, 1.54) is 11.3 Å². The second-order valence-corrected chi connectivity index (χ2v) is 6.55. The first-order valence-electron chi connectivity index (χ1n) is 7.02. The molecule has 0 aliphatic carbocycles. The second kappa shape index (κ2) is 4.30. The average Bonchev–Trinajstić information content (AvgIpc) is 2.64. The van der Waals surface area contributed by atoms with Crippen molar-refractivity contribution in [3.63, 3.8) is 0 Å². The van der Waals surface area contributed by atoms with E-state index in [9.17, 15) is 0 Å². The van der Waals surface area contributed by atoms with Crippen molar-refractivity contribution < 1.29 is 0 Å². The van der Waals surface area contributed by atoms with Crippen LogP contribution >= 0.6 is 0 Å². The Hall–Kier alpha value is -1.42. The molecule has 0 bridgehead atoms. The molecule has 0 radical (unpaired) electrons. The van der Waals surface area contributed by atoms with Crippen LogP contribution in [-0.4, -0.2) is 27.6 Å². The molecule has 1 fully saturated rings. The molecule has 0 spiro atoms. The molecule has 2 aromatic rings. The molecule has 0 saturated carbocycles. The Labute approximate surface area is 114 Å². The van der Waals surface area contributed by atoms with Gasteiger partial charge in [-0.25, -0.2) is 4.98 Å². The lowest BCUT2D eigenvalue weighted by Gasteiger charge is -2.34. The van der Waals surface area contributed by atoms with Crippen molar-refractivity contribution in [1.29, 1.82) is 0 Å². The summed E-state index contributed by atoms with van der Waals surface area (Å²) in [5.74, 6) is 2.38. The van der Waals surface area contributed by atoms with E-state index in [-0.39, 0.29) is 5.54 Å². The number of hydrogen-bond acceptors (Lipinski definition) is 3. The largest absolute Gasteiger partial charge is 0.322 e. The SMILES string of the molecule is CC(c1nc2cnccc2n1C(C)(C)C)C1CNC1. The van der Waals surface area contributed by atoms with Gasteiger partial charge < -0.3 is 9.88 Å². The van der Waals surface area contributed by atoms with Gasteiger partial charge in [-0.15, -0.1) is 0 Å². The average molecular weight is 258 g/mol. The van der Waals surface area contributed by atoms with E-state index in [1.54, 1.807) is 0 Å². The Balaban J connectivity index is 2.16. The minimum atomic E-state index is 0.0386. The standard InChI is InChI=1S/C15H22N4/c1-10(11-7-17-8-11)14-18-12-9-16-6-5-13(12)19(14)15(2,3)4/h5-6,9-11,17H,7-8H2,1-4H3. The molecule has 1 atom stereocenters. The van der Waals surface area contributed by atoms with Gasteiger partial charge in [0.2, 0.25) is 0 Å². The highest BCUT2D eigenvalue weighted by molar-refractivity contribution is 5.75. The highest BCUT2D eigenvalue weighted by Crippen LogP contribution is 2.33. The fraction of sp³-hybridized carbons (Fsp3) is 0.600. The number of fused-ring (bicyclic) bond motifs is 1. The first-order valence-corrected chi connectivity index (χ1v) is 7.02. The minimum absolute atomic E-state index is 0.0386. The van der Waals surface area contributed by atoms with E-state index < -0.39 is 0 Å². The van der Waals surface area contributed by atoms with Crippen LogP contribution in [0.25, 0.3) is 11.0 Å². The number of imidazole rings is 1. The zero-order valence-electron chi connectivity index (χ0n) is 12.1. The number of hydrogen-bond donors (Lipinski definition) is 1. The van der Waals surface area contributed by atoms with Crippen LogP contribution in [-0.2, 0) is 5.54 Å². The van der Waals surface area contributed by atoms with Gasteiger partial charge in [-0.1, -0.05) is 6.92 Å². The maximum absolute atomic E-state index is 4.85. The zero-order valence-corrected chi connectivity index (χ0v) is 12.1. The topological polar surface area (TPSA) is 42.7 Å². The summed E-state index contributed by atoms with van der Waals surface area (Å²) in [5.41, 5.74) is 2.24. The van der Waals surface area contributed by atoms with Crippen LogP contribution < -0.4 is 5.32 Å². The molecule has 0 aromatic carbocycles. The summed E-state index contributed by atoms with van der Waals surface area (Å²) < 4.78 is 2.38. The van der Waals surface area contributed by atoms with E-state index in [0.717, 1.165) is 18.6 Å². The van der Waals surface area contributed by atoms with Crippen LogP contribution in [0, 0.1) is 5.92 Å². The van der Waals surface area contributed by atoms with Crippen LogP contribution in [0.15, 0.2) is 18.5 Å². The van der Waals surface area contributed by atoms with Gasteiger partial charge in [0.15, 0.2) is 0 Å². The first kappa shape index (κ1) is 12.6. The predicted octanol–water partition coefficient (Wildman–Crippen LogP) is 2.51. The van der Waals surface area contributed by atoms with E-state index in [4.69, 9.17) is 4.98 Å².